The van der Waals surface area contributed by atoms with E-state index in [0.29, 0.717) is 21.2 Å². The number of anilines is 1. The van der Waals surface area contributed by atoms with Crippen molar-refractivity contribution in [3.8, 4) is 11.3 Å². The topological polar surface area (TPSA) is 52.0 Å². The maximum Gasteiger partial charge on any atom is 0.177 e. The van der Waals surface area contributed by atoms with Crippen molar-refractivity contribution in [3.05, 3.63) is 44.7 Å². The fraction of sp³-hybridized carbons (Fsp3) is 0. The van der Waals surface area contributed by atoms with Gasteiger partial charge in [-0.2, -0.15) is 0 Å². The first-order chi connectivity index (χ1) is 9.49. The summed E-state index contributed by atoms with van der Waals surface area (Å²) in [4.78, 5) is 3.97. The first kappa shape index (κ1) is 13.7. The SMILES string of the molecule is Nc1ncc(Br)c2cc(-c3c(Cl)ccc(F)c3Cl)oc12. The molecule has 0 bridgehead atoms. The molecular weight excluding hydrogens is 370 g/mol. The molecular formula is C13H6BrCl2FN2O. The summed E-state index contributed by atoms with van der Waals surface area (Å²) in [5.41, 5.74) is 6.44. The van der Waals surface area contributed by atoms with Gasteiger partial charge in [0.05, 0.1) is 15.6 Å². The number of fused-ring (bicyclic) bond motifs is 1. The molecule has 2 heterocycles. The van der Waals surface area contributed by atoms with E-state index in [1.807, 2.05) is 0 Å². The van der Waals surface area contributed by atoms with Crippen molar-refractivity contribution in [2.75, 3.05) is 5.73 Å². The van der Waals surface area contributed by atoms with E-state index in [0.717, 1.165) is 0 Å². The lowest BCUT2D eigenvalue weighted by atomic mass is 10.1. The summed E-state index contributed by atoms with van der Waals surface area (Å²) in [6.07, 6.45) is 1.56. The number of nitrogen functional groups attached to an aromatic ring is 1. The van der Waals surface area contributed by atoms with Crippen LogP contribution < -0.4 is 5.73 Å². The molecule has 0 spiro atoms. The Balaban J connectivity index is 2.34. The molecule has 0 saturated carbocycles. The minimum Gasteiger partial charge on any atom is -0.452 e. The highest BCUT2D eigenvalue weighted by Crippen LogP contribution is 2.41. The van der Waals surface area contributed by atoms with E-state index >= 15 is 0 Å². The monoisotopic (exact) mass is 374 g/mol. The zero-order valence-corrected chi connectivity index (χ0v) is 12.9. The number of benzene rings is 1. The second-order valence-corrected chi connectivity index (χ2v) is 5.70. The number of halogens is 4. The number of rotatable bonds is 1. The summed E-state index contributed by atoms with van der Waals surface area (Å²) in [7, 11) is 0. The molecule has 0 atom stereocenters. The van der Waals surface area contributed by atoms with Crippen LogP contribution >= 0.6 is 39.1 Å². The van der Waals surface area contributed by atoms with Crippen LogP contribution in [0.5, 0.6) is 0 Å². The lowest BCUT2D eigenvalue weighted by Crippen LogP contribution is -1.89. The van der Waals surface area contributed by atoms with Crippen LogP contribution in [0.3, 0.4) is 0 Å². The third-order valence-electron chi connectivity index (χ3n) is 2.83. The van der Waals surface area contributed by atoms with E-state index in [1.54, 1.807) is 12.3 Å². The molecule has 0 fully saturated rings. The van der Waals surface area contributed by atoms with Crippen LogP contribution in [0.25, 0.3) is 22.3 Å². The summed E-state index contributed by atoms with van der Waals surface area (Å²) in [6, 6.07) is 4.30. The quantitative estimate of drug-likeness (QED) is 0.588. The zero-order chi connectivity index (χ0) is 14.4. The third kappa shape index (κ3) is 2.06. The maximum absolute atomic E-state index is 13.6. The Morgan fingerprint density at radius 2 is 2.05 bits per heavy atom. The van der Waals surface area contributed by atoms with Gasteiger partial charge in [0.15, 0.2) is 11.4 Å². The molecule has 7 heteroatoms. The van der Waals surface area contributed by atoms with Gasteiger partial charge in [-0.05, 0) is 34.1 Å². The predicted molar refractivity (Wildman–Crippen MR) is 81.5 cm³/mol. The van der Waals surface area contributed by atoms with Crippen molar-refractivity contribution >= 4 is 55.9 Å². The van der Waals surface area contributed by atoms with Crippen LogP contribution in [0.1, 0.15) is 0 Å². The van der Waals surface area contributed by atoms with Crippen LogP contribution in [0, 0.1) is 5.82 Å². The van der Waals surface area contributed by atoms with E-state index < -0.39 is 5.82 Å². The Hall–Kier alpha value is -1.30. The summed E-state index contributed by atoms with van der Waals surface area (Å²) >= 11 is 15.4. The molecule has 3 nitrogen and oxygen atoms in total. The maximum atomic E-state index is 13.6. The van der Waals surface area contributed by atoms with Crippen LogP contribution in [0.4, 0.5) is 10.2 Å². The minimum absolute atomic E-state index is 0.0980. The third-order valence-corrected chi connectivity index (χ3v) is 4.15. The molecule has 2 aromatic heterocycles. The summed E-state index contributed by atoms with van der Waals surface area (Å²) < 4.78 is 19.9. The molecule has 0 saturated heterocycles. The van der Waals surface area contributed by atoms with Gasteiger partial charge in [-0.25, -0.2) is 9.37 Å². The highest BCUT2D eigenvalue weighted by Gasteiger charge is 2.18. The molecule has 2 N–H and O–H groups in total. The number of pyridine rings is 1. The van der Waals surface area contributed by atoms with Crippen LogP contribution in [-0.2, 0) is 0 Å². The first-order valence-corrected chi connectivity index (χ1v) is 7.01. The minimum atomic E-state index is -0.573. The van der Waals surface area contributed by atoms with Gasteiger partial charge in [0.2, 0.25) is 0 Å². The van der Waals surface area contributed by atoms with E-state index in [4.69, 9.17) is 33.4 Å². The van der Waals surface area contributed by atoms with Crippen molar-refractivity contribution in [1.82, 2.24) is 4.98 Å². The van der Waals surface area contributed by atoms with Gasteiger partial charge >= 0.3 is 0 Å². The van der Waals surface area contributed by atoms with E-state index in [9.17, 15) is 4.39 Å². The molecule has 0 aliphatic carbocycles. The standard InChI is InChI=1S/C13H6BrCl2FN2O/c14-6-4-19-13(18)12-5(6)3-9(20-12)10-7(15)1-2-8(17)11(10)16/h1-4H,(H2,18,19). The largest absolute Gasteiger partial charge is 0.452 e. The fourth-order valence-electron chi connectivity index (χ4n) is 1.89. The van der Waals surface area contributed by atoms with E-state index in [1.165, 1.54) is 12.1 Å². The molecule has 0 aliphatic heterocycles. The average molecular weight is 376 g/mol. The highest BCUT2D eigenvalue weighted by atomic mass is 79.9. The van der Waals surface area contributed by atoms with Gasteiger partial charge in [-0.15, -0.1) is 0 Å². The number of furan rings is 1. The number of nitrogens with two attached hydrogens (primary N) is 1. The molecule has 0 unspecified atom stereocenters. The van der Waals surface area contributed by atoms with Crippen LogP contribution in [0.15, 0.2) is 33.3 Å². The number of nitrogens with zero attached hydrogens (tertiary/aromatic N) is 1. The average Bonchev–Trinajstić information content (AvgIpc) is 2.85. The van der Waals surface area contributed by atoms with E-state index in [-0.39, 0.29) is 21.4 Å². The first-order valence-electron chi connectivity index (χ1n) is 5.46. The van der Waals surface area contributed by atoms with Gasteiger partial charge in [0.1, 0.15) is 11.6 Å². The van der Waals surface area contributed by atoms with Crippen molar-refractivity contribution in [1.29, 1.82) is 0 Å². The van der Waals surface area contributed by atoms with Gasteiger partial charge in [0.25, 0.3) is 0 Å². The van der Waals surface area contributed by atoms with Crippen molar-refractivity contribution in [3.63, 3.8) is 0 Å². The van der Waals surface area contributed by atoms with Crippen LogP contribution in [0.2, 0.25) is 10.0 Å². The summed E-state index contributed by atoms with van der Waals surface area (Å²) in [5.74, 6) is -0.00955. The Kier molecular flexibility index (Phi) is 3.36. The lowest BCUT2D eigenvalue weighted by molar-refractivity contribution is 0.618. The molecule has 102 valence electrons. The lowest BCUT2D eigenvalue weighted by Gasteiger charge is -2.04. The number of hydrogen-bond acceptors (Lipinski definition) is 3. The van der Waals surface area contributed by atoms with Crippen molar-refractivity contribution in [2.45, 2.75) is 0 Å². The Bertz CT molecular complexity index is 796. The predicted octanol–water partition coefficient (Wildman–Crippen LogP) is 5.29. The van der Waals surface area contributed by atoms with Gasteiger partial charge in [0, 0.05) is 16.1 Å². The molecule has 3 rings (SSSR count). The number of hydrogen-bond donors (Lipinski definition) is 1. The van der Waals surface area contributed by atoms with Crippen molar-refractivity contribution < 1.29 is 8.81 Å². The second-order valence-electron chi connectivity index (χ2n) is 4.06. The van der Waals surface area contributed by atoms with Gasteiger partial charge in [-0.3, -0.25) is 0 Å². The summed E-state index contributed by atoms with van der Waals surface area (Å²) in [6.45, 7) is 0. The molecule has 20 heavy (non-hydrogen) atoms. The Morgan fingerprint density at radius 3 is 2.75 bits per heavy atom. The molecule has 0 radical (unpaired) electrons. The second kappa shape index (κ2) is 4.91. The summed E-state index contributed by atoms with van der Waals surface area (Å²) in [5, 5.41) is 0.904. The Labute approximate surface area is 131 Å². The molecule has 3 aromatic rings. The Morgan fingerprint density at radius 1 is 1.30 bits per heavy atom. The normalized spacial score (nSPS) is 11.2. The zero-order valence-electron chi connectivity index (χ0n) is 9.75. The van der Waals surface area contributed by atoms with Crippen molar-refractivity contribution in [2.24, 2.45) is 0 Å². The molecule has 0 amide bonds. The van der Waals surface area contributed by atoms with Crippen LogP contribution in [-0.4, -0.2) is 4.98 Å². The van der Waals surface area contributed by atoms with E-state index in [2.05, 4.69) is 20.9 Å². The number of aromatic nitrogens is 1. The molecule has 0 aliphatic rings. The smallest absolute Gasteiger partial charge is 0.177 e. The highest BCUT2D eigenvalue weighted by molar-refractivity contribution is 9.10. The fourth-order valence-corrected chi connectivity index (χ4v) is 2.84. The molecule has 1 aromatic carbocycles. The van der Waals surface area contributed by atoms with Gasteiger partial charge in [-0.1, -0.05) is 23.2 Å². The van der Waals surface area contributed by atoms with Gasteiger partial charge < -0.3 is 10.2 Å².